The number of nitrogens with one attached hydrogen (secondary N) is 2. The number of anilines is 1. The summed E-state index contributed by atoms with van der Waals surface area (Å²) in [5, 5.41) is 7.91. The first-order valence-electron chi connectivity index (χ1n) is 10.5. The largest absolute Gasteiger partial charge is 0.368 e. The van der Waals surface area contributed by atoms with E-state index in [1.807, 2.05) is 12.1 Å². The van der Waals surface area contributed by atoms with Gasteiger partial charge in [-0.25, -0.2) is 0 Å². The van der Waals surface area contributed by atoms with Crippen molar-refractivity contribution in [3.05, 3.63) is 29.3 Å². The number of piperidine rings is 1. The van der Waals surface area contributed by atoms with Crippen LogP contribution in [-0.4, -0.2) is 87.8 Å². The summed E-state index contributed by atoms with van der Waals surface area (Å²) in [7, 11) is 4.40. The maximum atomic E-state index is 6.42. The zero-order valence-electron chi connectivity index (χ0n) is 17.5. The van der Waals surface area contributed by atoms with Crippen molar-refractivity contribution in [2.24, 2.45) is 4.99 Å². The van der Waals surface area contributed by atoms with Crippen LogP contribution in [0.1, 0.15) is 19.8 Å². The van der Waals surface area contributed by atoms with Crippen molar-refractivity contribution in [2.75, 3.05) is 64.8 Å². The van der Waals surface area contributed by atoms with Crippen LogP contribution in [0.3, 0.4) is 0 Å². The highest BCUT2D eigenvalue weighted by Gasteiger charge is 2.24. The summed E-state index contributed by atoms with van der Waals surface area (Å²) in [6, 6.07) is 8.97. The zero-order chi connectivity index (χ0) is 19.9. The van der Waals surface area contributed by atoms with E-state index in [-0.39, 0.29) is 0 Å². The zero-order valence-corrected chi connectivity index (χ0v) is 18.3. The average molecular weight is 407 g/mol. The number of aliphatic imine (C=N–C) groups is 1. The van der Waals surface area contributed by atoms with Crippen LogP contribution >= 0.6 is 11.6 Å². The number of guanidine groups is 1. The molecule has 3 rings (SSSR count). The molecular weight excluding hydrogens is 372 g/mol. The number of hydrogen-bond acceptors (Lipinski definition) is 4. The van der Waals surface area contributed by atoms with E-state index in [1.54, 1.807) is 0 Å². The summed E-state index contributed by atoms with van der Waals surface area (Å²) < 4.78 is 0. The maximum Gasteiger partial charge on any atom is 0.191 e. The Bertz CT molecular complexity index is 652. The number of benzene rings is 1. The van der Waals surface area contributed by atoms with E-state index < -0.39 is 0 Å². The molecule has 0 aliphatic carbocycles. The Morgan fingerprint density at radius 1 is 1.18 bits per heavy atom. The molecule has 2 atom stereocenters. The van der Waals surface area contributed by atoms with E-state index >= 15 is 0 Å². The van der Waals surface area contributed by atoms with Gasteiger partial charge in [-0.2, -0.15) is 0 Å². The number of hydrogen-bond donors (Lipinski definition) is 2. The van der Waals surface area contributed by atoms with Crippen molar-refractivity contribution < 1.29 is 0 Å². The summed E-state index contributed by atoms with van der Waals surface area (Å²) in [5.74, 6) is 0.926. The number of halogens is 1. The van der Waals surface area contributed by atoms with E-state index in [0.29, 0.717) is 12.1 Å². The third-order valence-corrected chi connectivity index (χ3v) is 6.06. The molecule has 0 saturated carbocycles. The van der Waals surface area contributed by atoms with Gasteiger partial charge in [0.1, 0.15) is 0 Å². The molecular formula is C21H35ClN6. The summed E-state index contributed by atoms with van der Waals surface area (Å²) in [6.07, 6.45) is 2.30. The van der Waals surface area contributed by atoms with Gasteiger partial charge in [0.05, 0.1) is 17.3 Å². The van der Waals surface area contributed by atoms with E-state index in [0.717, 1.165) is 75.3 Å². The smallest absolute Gasteiger partial charge is 0.191 e. The lowest BCUT2D eigenvalue weighted by atomic mass is 10.0. The minimum atomic E-state index is 0.370. The lowest BCUT2D eigenvalue weighted by Gasteiger charge is -2.37. The maximum absolute atomic E-state index is 6.42. The molecule has 1 aromatic rings. The Hall–Kier alpha value is -1.50. The molecule has 2 aliphatic heterocycles. The van der Waals surface area contributed by atoms with Gasteiger partial charge in [0.25, 0.3) is 0 Å². The Morgan fingerprint density at radius 3 is 2.79 bits per heavy atom. The molecule has 0 amide bonds. The highest BCUT2D eigenvalue weighted by Crippen LogP contribution is 2.27. The van der Waals surface area contributed by atoms with Crippen molar-refractivity contribution in [1.29, 1.82) is 0 Å². The fraction of sp³-hybridized carbons (Fsp3) is 0.667. The fourth-order valence-electron chi connectivity index (χ4n) is 4.03. The van der Waals surface area contributed by atoms with Crippen LogP contribution < -0.4 is 15.5 Å². The van der Waals surface area contributed by atoms with Crippen molar-refractivity contribution >= 4 is 23.2 Å². The molecule has 1 aromatic carbocycles. The van der Waals surface area contributed by atoms with E-state index in [4.69, 9.17) is 16.6 Å². The van der Waals surface area contributed by atoms with Gasteiger partial charge in [0, 0.05) is 51.4 Å². The van der Waals surface area contributed by atoms with Crippen molar-refractivity contribution in [2.45, 2.75) is 31.8 Å². The van der Waals surface area contributed by atoms with Gasteiger partial charge in [0.15, 0.2) is 5.96 Å². The van der Waals surface area contributed by atoms with Crippen LogP contribution in [0, 0.1) is 0 Å². The van der Waals surface area contributed by atoms with Gasteiger partial charge in [-0.3, -0.25) is 9.89 Å². The molecule has 2 N–H and O–H groups in total. The first-order chi connectivity index (χ1) is 13.6. The minimum absolute atomic E-state index is 0.370. The topological polar surface area (TPSA) is 46.1 Å². The Balaban J connectivity index is 1.60. The Morgan fingerprint density at radius 2 is 2.00 bits per heavy atom. The molecule has 28 heavy (non-hydrogen) atoms. The SMILES string of the molecule is CCNC(=NCC1CN(C)CCN1C)NC1CCCN(c2ccccc2Cl)C1. The molecule has 0 aromatic heterocycles. The Labute approximate surface area is 174 Å². The minimum Gasteiger partial charge on any atom is -0.368 e. The second kappa shape index (κ2) is 10.3. The van der Waals surface area contributed by atoms with Crippen molar-refractivity contribution in [3.63, 3.8) is 0 Å². The molecule has 7 heteroatoms. The van der Waals surface area contributed by atoms with E-state index in [1.165, 1.54) is 0 Å². The molecule has 0 spiro atoms. The third kappa shape index (κ3) is 5.75. The molecule has 0 bridgehead atoms. The lowest BCUT2D eigenvalue weighted by molar-refractivity contribution is 0.119. The van der Waals surface area contributed by atoms with Crippen LogP contribution in [0.25, 0.3) is 0 Å². The van der Waals surface area contributed by atoms with Gasteiger partial charge in [-0.15, -0.1) is 0 Å². The van der Waals surface area contributed by atoms with Gasteiger partial charge >= 0.3 is 0 Å². The van der Waals surface area contributed by atoms with Crippen LogP contribution in [0.15, 0.2) is 29.3 Å². The molecule has 6 nitrogen and oxygen atoms in total. The lowest BCUT2D eigenvalue weighted by Crippen LogP contribution is -2.53. The van der Waals surface area contributed by atoms with Crippen molar-refractivity contribution in [3.8, 4) is 0 Å². The number of piperazine rings is 1. The monoisotopic (exact) mass is 406 g/mol. The molecule has 2 fully saturated rings. The standard InChI is InChI=1S/C21H35ClN6/c1-4-23-21(24-14-18-16-26(2)12-13-27(18)3)25-17-8-7-11-28(15-17)20-10-6-5-9-19(20)22/h5-6,9-10,17-18H,4,7-8,11-16H2,1-3H3,(H2,23,24,25). The highest BCUT2D eigenvalue weighted by molar-refractivity contribution is 6.33. The average Bonchev–Trinajstić information content (AvgIpc) is 2.69. The first-order valence-corrected chi connectivity index (χ1v) is 10.9. The fourth-order valence-corrected chi connectivity index (χ4v) is 4.29. The molecule has 156 valence electrons. The predicted molar refractivity (Wildman–Crippen MR) is 120 cm³/mol. The third-order valence-electron chi connectivity index (χ3n) is 5.74. The molecule has 0 radical (unpaired) electrons. The van der Waals surface area contributed by atoms with Crippen LogP contribution in [0.2, 0.25) is 5.02 Å². The number of para-hydroxylation sites is 1. The Kier molecular flexibility index (Phi) is 7.82. The van der Waals surface area contributed by atoms with Crippen LogP contribution in [-0.2, 0) is 0 Å². The van der Waals surface area contributed by atoms with E-state index in [2.05, 4.69) is 58.5 Å². The van der Waals surface area contributed by atoms with Gasteiger partial charge in [-0.05, 0) is 46.0 Å². The number of nitrogens with zero attached hydrogens (tertiary/aromatic N) is 4. The van der Waals surface area contributed by atoms with Crippen molar-refractivity contribution in [1.82, 2.24) is 20.4 Å². The number of rotatable bonds is 5. The van der Waals surface area contributed by atoms with Crippen LogP contribution in [0.5, 0.6) is 0 Å². The second-order valence-corrected chi connectivity index (χ2v) is 8.40. The summed E-state index contributed by atoms with van der Waals surface area (Å²) in [6.45, 7) is 9.11. The van der Waals surface area contributed by atoms with Gasteiger partial charge < -0.3 is 20.4 Å². The first kappa shape index (κ1) is 21.2. The molecule has 2 unspecified atom stereocenters. The summed E-state index contributed by atoms with van der Waals surface area (Å²) >= 11 is 6.42. The van der Waals surface area contributed by atoms with Gasteiger partial charge in [-0.1, -0.05) is 23.7 Å². The van der Waals surface area contributed by atoms with Gasteiger partial charge in [0.2, 0.25) is 0 Å². The second-order valence-electron chi connectivity index (χ2n) is 8.00. The summed E-state index contributed by atoms with van der Waals surface area (Å²) in [5.41, 5.74) is 1.13. The normalized spacial score (nSPS) is 25.0. The predicted octanol–water partition coefficient (Wildman–Crippen LogP) is 2.11. The molecule has 2 aliphatic rings. The summed E-state index contributed by atoms with van der Waals surface area (Å²) in [4.78, 5) is 12.1. The number of likely N-dealkylation sites (N-methyl/N-ethyl adjacent to an activating group) is 2. The van der Waals surface area contributed by atoms with E-state index in [9.17, 15) is 0 Å². The molecule has 2 saturated heterocycles. The molecule has 2 heterocycles. The highest BCUT2D eigenvalue weighted by atomic mass is 35.5. The quantitative estimate of drug-likeness (QED) is 0.579. The van der Waals surface area contributed by atoms with Crippen LogP contribution in [0.4, 0.5) is 5.69 Å².